The molecule has 0 atom stereocenters. The van der Waals surface area contributed by atoms with E-state index in [2.05, 4.69) is 28.5 Å². The fourth-order valence-corrected chi connectivity index (χ4v) is 2.10. The first-order chi connectivity index (χ1) is 9.90. The van der Waals surface area contributed by atoms with E-state index >= 15 is 0 Å². The van der Waals surface area contributed by atoms with Gasteiger partial charge >= 0.3 is 6.09 Å². The second-order valence-electron chi connectivity index (χ2n) is 5.81. The van der Waals surface area contributed by atoms with Crippen LogP contribution in [-0.4, -0.2) is 22.9 Å². The minimum absolute atomic E-state index is 0.531. The highest BCUT2D eigenvalue weighted by Crippen LogP contribution is 2.20. The number of aryl methyl sites for hydroxylation is 1. The molecule has 0 fully saturated rings. The summed E-state index contributed by atoms with van der Waals surface area (Å²) in [5, 5.41) is 5.02. The number of carbonyl (C=O) groups is 1. The van der Waals surface area contributed by atoms with Gasteiger partial charge in [0.1, 0.15) is 5.60 Å². The molecule has 0 aliphatic heterocycles. The third-order valence-corrected chi connectivity index (χ3v) is 2.97. The van der Waals surface area contributed by atoms with Crippen molar-refractivity contribution in [2.24, 2.45) is 5.10 Å². The van der Waals surface area contributed by atoms with E-state index in [4.69, 9.17) is 4.74 Å². The number of fused-ring (bicyclic) bond motifs is 1. The van der Waals surface area contributed by atoms with E-state index in [9.17, 15) is 4.79 Å². The number of nitrogens with one attached hydrogen (secondary N) is 2. The molecular formula is C16H21N3O2. The Labute approximate surface area is 124 Å². The van der Waals surface area contributed by atoms with E-state index in [1.807, 2.05) is 39.1 Å². The molecule has 2 aromatic rings. The molecular weight excluding hydrogens is 266 g/mol. The van der Waals surface area contributed by atoms with Crippen molar-refractivity contribution in [3.63, 3.8) is 0 Å². The van der Waals surface area contributed by atoms with Gasteiger partial charge in [-0.05, 0) is 32.8 Å². The zero-order valence-electron chi connectivity index (χ0n) is 12.9. The molecule has 0 aliphatic carbocycles. The van der Waals surface area contributed by atoms with Gasteiger partial charge in [0.15, 0.2) is 0 Å². The molecule has 5 heteroatoms. The first-order valence-corrected chi connectivity index (χ1v) is 7.01. The van der Waals surface area contributed by atoms with Gasteiger partial charge in [-0.3, -0.25) is 0 Å². The molecule has 0 spiro atoms. The number of rotatable bonds is 3. The number of nitrogens with zero attached hydrogens (tertiary/aromatic N) is 1. The second-order valence-corrected chi connectivity index (χ2v) is 5.81. The summed E-state index contributed by atoms with van der Waals surface area (Å²) in [5.74, 6) is 0. The van der Waals surface area contributed by atoms with Crippen molar-refractivity contribution in [3.8, 4) is 0 Å². The molecule has 5 nitrogen and oxygen atoms in total. The average molecular weight is 287 g/mol. The topological polar surface area (TPSA) is 66.5 Å². The lowest BCUT2D eigenvalue weighted by atomic mass is 10.1. The van der Waals surface area contributed by atoms with Gasteiger partial charge in [-0.1, -0.05) is 25.1 Å². The Morgan fingerprint density at radius 3 is 2.86 bits per heavy atom. The van der Waals surface area contributed by atoms with Crippen molar-refractivity contribution in [1.82, 2.24) is 10.4 Å². The number of carbonyl (C=O) groups excluding carboxylic acids is 1. The van der Waals surface area contributed by atoms with E-state index in [-0.39, 0.29) is 0 Å². The number of aromatic nitrogens is 1. The summed E-state index contributed by atoms with van der Waals surface area (Å²) in [5.41, 5.74) is 5.13. The number of aromatic amines is 1. The molecule has 2 N–H and O–H groups in total. The van der Waals surface area contributed by atoms with Crippen LogP contribution in [0, 0.1) is 0 Å². The van der Waals surface area contributed by atoms with Crippen molar-refractivity contribution in [2.75, 3.05) is 0 Å². The highest BCUT2D eigenvalue weighted by atomic mass is 16.6. The maximum Gasteiger partial charge on any atom is 0.428 e. The molecule has 1 heterocycles. The first-order valence-electron chi connectivity index (χ1n) is 7.01. The standard InChI is InChI=1S/C16H21N3O2/c1-5-11-7-6-8-13-12(9-17-14(11)13)10-18-19-15(20)21-16(2,3)4/h6-10,17H,5H2,1-4H3,(H,19,20)/b18-10+. The van der Waals surface area contributed by atoms with Crippen LogP contribution in [0.2, 0.25) is 0 Å². The predicted molar refractivity (Wildman–Crippen MR) is 84.6 cm³/mol. The van der Waals surface area contributed by atoms with Crippen LogP contribution in [0.5, 0.6) is 0 Å². The first kappa shape index (κ1) is 15.1. The Bertz CT molecular complexity index is 666. The Morgan fingerprint density at radius 1 is 1.43 bits per heavy atom. The fourth-order valence-electron chi connectivity index (χ4n) is 2.10. The predicted octanol–water partition coefficient (Wildman–Crippen LogP) is 3.59. The molecule has 0 aliphatic rings. The summed E-state index contributed by atoms with van der Waals surface area (Å²) >= 11 is 0. The van der Waals surface area contributed by atoms with E-state index in [0.717, 1.165) is 22.9 Å². The monoisotopic (exact) mass is 287 g/mol. The highest BCUT2D eigenvalue weighted by Gasteiger charge is 2.15. The molecule has 0 saturated heterocycles. The Kier molecular flexibility index (Phi) is 4.31. The van der Waals surface area contributed by atoms with Gasteiger partial charge in [0.05, 0.1) is 6.21 Å². The minimum atomic E-state index is -0.562. The van der Waals surface area contributed by atoms with E-state index in [1.54, 1.807) is 6.21 Å². The van der Waals surface area contributed by atoms with Crippen molar-refractivity contribution < 1.29 is 9.53 Å². The lowest BCUT2D eigenvalue weighted by molar-refractivity contribution is 0.0529. The van der Waals surface area contributed by atoms with Gasteiger partial charge in [0, 0.05) is 22.7 Å². The van der Waals surface area contributed by atoms with Crippen LogP contribution in [0.3, 0.4) is 0 Å². The third kappa shape index (κ3) is 3.84. The molecule has 0 unspecified atom stereocenters. The number of hydrogen-bond acceptors (Lipinski definition) is 3. The molecule has 1 amide bonds. The van der Waals surface area contributed by atoms with E-state index < -0.39 is 11.7 Å². The summed E-state index contributed by atoms with van der Waals surface area (Å²) in [6.07, 6.45) is 3.89. The van der Waals surface area contributed by atoms with Crippen LogP contribution in [0.1, 0.15) is 38.8 Å². The van der Waals surface area contributed by atoms with Crippen LogP contribution in [0.15, 0.2) is 29.5 Å². The molecule has 1 aromatic carbocycles. The van der Waals surface area contributed by atoms with Crippen LogP contribution < -0.4 is 5.43 Å². The van der Waals surface area contributed by atoms with Crippen molar-refractivity contribution in [1.29, 1.82) is 0 Å². The van der Waals surface area contributed by atoms with Gasteiger partial charge in [0.25, 0.3) is 0 Å². The number of benzene rings is 1. The van der Waals surface area contributed by atoms with E-state index in [0.29, 0.717) is 0 Å². The van der Waals surface area contributed by atoms with Crippen LogP contribution >= 0.6 is 0 Å². The highest BCUT2D eigenvalue weighted by molar-refractivity contribution is 6.00. The number of H-pyrrole nitrogens is 1. The maximum absolute atomic E-state index is 11.5. The molecule has 0 radical (unpaired) electrons. The van der Waals surface area contributed by atoms with Crippen LogP contribution in [0.25, 0.3) is 10.9 Å². The number of amides is 1. The lowest BCUT2D eigenvalue weighted by Gasteiger charge is -2.18. The van der Waals surface area contributed by atoms with Crippen molar-refractivity contribution in [3.05, 3.63) is 35.5 Å². The fraction of sp³-hybridized carbons (Fsp3) is 0.375. The Hall–Kier alpha value is -2.30. The second kappa shape index (κ2) is 5.99. The Morgan fingerprint density at radius 2 is 2.19 bits per heavy atom. The van der Waals surface area contributed by atoms with Gasteiger partial charge in [-0.2, -0.15) is 5.10 Å². The summed E-state index contributed by atoms with van der Waals surface area (Å²) in [4.78, 5) is 14.7. The summed E-state index contributed by atoms with van der Waals surface area (Å²) < 4.78 is 5.11. The SMILES string of the molecule is CCc1cccc2c(/C=N/NC(=O)OC(C)(C)C)c[nH]c12. The van der Waals surface area contributed by atoms with Gasteiger partial charge in [-0.15, -0.1) is 0 Å². The van der Waals surface area contributed by atoms with Crippen molar-refractivity contribution in [2.45, 2.75) is 39.7 Å². The quantitative estimate of drug-likeness (QED) is 0.669. The summed E-state index contributed by atoms with van der Waals surface area (Å²) in [6.45, 7) is 7.54. The lowest BCUT2D eigenvalue weighted by Crippen LogP contribution is -2.29. The average Bonchev–Trinajstić information content (AvgIpc) is 2.80. The minimum Gasteiger partial charge on any atom is -0.443 e. The molecule has 2 rings (SSSR count). The molecule has 0 saturated carbocycles. The molecule has 0 bridgehead atoms. The van der Waals surface area contributed by atoms with Crippen LogP contribution in [0.4, 0.5) is 4.79 Å². The third-order valence-electron chi connectivity index (χ3n) is 2.97. The molecule has 21 heavy (non-hydrogen) atoms. The zero-order valence-corrected chi connectivity index (χ0v) is 12.9. The van der Waals surface area contributed by atoms with Gasteiger partial charge < -0.3 is 9.72 Å². The normalized spacial score (nSPS) is 12.0. The Balaban J connectivity index is 2.10. The van der Waals surface area contributed by atoms with Gasteiger partial charge in [0.2, 0.25) is 0 Å². The van der Waals surface area contributed by atoms with E-state index in [1.165, 1.54) is 5.56 Å². The number of ether oxygens (including phenoxy) is 1. The van der Waals surface area contributed by atoms with Gasteiger partial charge in [-0.25, -0.2) is 10.2 Å². The molecule has 112 valence electrons. The largest absolute Gasteiger partial charge is 0.443 e. The summed E-state index contributed by atoms with van der Waals surface area (Å²) in [6, 6.07) is 6.15. The summed E-state index contributed by atoms with van der Waals surface area (Å²) in [7, 11) is 0. The molecule has 1 aromatic heterocycles. The number of hydrogen-bond donors (Lipinski definition) is 2. The van der Waals surface area contributed by atoms with Crippen molar-refractivity contribution >= 4 is 23.2 Å². The zero-order chi connectivity index (χ0) is 15.5. The maximum atomic E-state index is 11.5. The van der Waals surface area contributed by atoms with Crippen LogP contribution in [-0.2, 0) is 11.2 Å². The number of para-hydroxylation sites is 1. The smallest absolute Gasteiger partial charge is 0.428 e. The number of hydrazone groups is 1.